The summed E-state index contributed by atoms with van der Waals surface area (Å²) in [7, 11) is 3.95. The van der Waals surface area contributed by atoms with Gasteiger partial charge in [-0.3, -0.25) is 9.59 Å². The average molecular weight is 426 g/mol. The summed E-state index contributed by atoms with van der Waals surface area (Å²) < 4.78 is 11.2. The predicted molar refractivity (Wildman–Crippen MR) is 119 cm³/mol. The van der Waals surface area contributed by atoms with E-state index in [-0.39, 0.29) is 23.8 Å². The van der Waals surface area contributed by atoms with Crippen molar-refractivity contribution in [1.82, 2.24) is 4.90 Å². The number of nitrogens with one attached hydrogen (secondary N) is 1. The van der Waals surface area contributed by atoms with Gasteiger partial charge in [-0.05, 0) is 61.6 Å². The molecule has 0 spiro atoms. The Morgan fingerprint density at radius 2 is 1.97 bits per heavy atom. The molecule has 166 valence electrons. The van der Waals surface area contributed by atoms with Crippen LogP contribution in [0.1, 0.15) is 48.2 Å². The minimum atomic E-state index is -0.158. The van der Waals surface area contributed by atoms with Crippen molar-refractivity contribution in [3.63, 3.8) is 0 Å². The maximum Gasteiger partial charge on any atom is 0.289 e. The second-order valence-corrected chi connectivity index (χ2v) is 8.65. The number of amides is 2. The zero-order chi connectivity index (χ0) is 21.8. The lowest BCUT2D eigenvalue weighted by molar-refractivity contribution is -0.122. The highest BCUT2D eigenvalue weighted by atomic mass is 16.5. The molecule has 1 aliphatic carbocycles. The predicted octanol–water partition coefficient (Wildman–Crippen LogP) is 3.91. The summed E-state index contributed by atoms with van der Waals surface area (Å²) in [5.74, 6) is 0.360. The van der Waals surface area contributed by atoms with Gasteiger partial charge in [0.25, 0.3) is 5.91 Å². The third kappa shape index (κ3) is 5.10. The van der Waals surface area contributed by atoms with E-state index in [1.807, 2.05) is 37.2 Å². The topological polar surface area (TPSA) is 75.0 Å². The van der Waals surface area contributed by atoms with Gasteiger partial charge in [0.1, 0.15) is 0 Å². The number of carbonyl (C=O) groups is 2. The SMILES string of the molecule is CN(C)c1ccc(NC(=O)C2CCC2)cc1CN(C[C@@H]1CCCO1)C(=O)c1ccco1. The first-order valence-electron chi connectivity index (χ1n) is 11.1. The first-order chi connectivity index (χ1) is 15.0. The van der Waals surface area contributed by atoms with Crippen molar-refractivity contribution in [3.8, 4) is 0 Å². The number of furan rings is 1. The molecule has 7 heteroatoms. The number of hydrogen-bond acceptors (Lipinski definition) is 5. The molecule has 1 atom stereocenters. The summed E-state index contributed by atoms with van der Waals surface area (Å²) in [6.07, 6.45) is 6.54. The van der Waals surface area contributed by atoms with Crippen LogP contribution in [0, 0.1) is 5.92 Å². The van der Waals surface area contributed by atoms with Crippen molar-refractivity contribution in [3.05, 3.63) is 47.9 Å². The molecule has 1 aliphatic heterocycles. The van der Waals surface area contributed by atoms with Crippen molar-refractivity contribution >= 4 is 23.2 Å². The fourth-order valence-corrected chi connectivity index (χ4v) is 4.16. The molecule has 1 N–H and O–H groups in total. The summed E-state index contributed by atoms with van der Waals surface area (Å²) in [6, 6.07) is 9.30. The van der Waals surface area contributed by atoms with Crippen molar-refractivity contribution in [2.45, 2.75) is 44.8 Å². The van der Waals surface area contributed by atoms with E-state index in [4.69, 9.17) is 9.15 Å². The second kappa shape index (κ2) is 9.56. The molecule has 2 heterocycles. The zero-order valence-electron chi connectivity index (χ0n) is 18.3. The Balaban J connectivity index is 1.57. The van der Waals surface area contributed by atoms with E-state index in [2.05, 4.69) is 5.32 Å². The Hall–Kier alpha value is -2.80. The third-order valence-corrected chi connectivity index (χ3v) is 6.13. The summed E-state index contributed by atoms with van der Waals surface area (Å²) >= 11 is 0. The van der Waals surface area contributed by atoms with Crippen LogP contribution < -0.4 is 10.2 Å². The van der Waals surface area contributed by atoms with Gasteiger partial charge in [0, 0.05) is 51.1 Å². The fraction of sp³-hybridized carbons (Fsp3) is 0.500. The molecule has 1 aromatic heterocycles. The molecule has 1 saturated carbocycles. The molecule has 31 heavy (non-hydrogen) atoms. The Kier molecular flexibility index (Phi) is 6.61. The van der Waals surface area contributed by atoms with Crippen molar-refractivity contribution in [2.75, 3.05) is 37.5 Å². The highest BCUT2D eigenvalue weighted by Gasteiger charge is 2.27. The van der Waals surface area contributed by atoms with Crippen LogP contribution in [0.4, 0.5) is 11.4 Å². The van der Waals surface area contributed by atoms with E-state index in [1.54, 1.807) is 17.0 Å². The van der Waals surface area contributed by atoms with Crippen LogP contribution in [0.15, 0.2) is 41.0 Å². The molecule has 7 nitrogen and oxygen atoms in total. The Morgan fingerprint density at radius 1 is 1.13 bits per heavy atom. The number of benzene rings is 1. The summed E-state index contributed by atoms with van der Waals surface area (Å²) in [4.78, 5) is 29.4. The molecule has 1 aromatic carbocycles. The smallest absolute Gasteiger partial charge is 0.289 e. The normalized spacial score (nSPS) is 18.5. The zero-order valence-corrected chi connectivity index (χ0v) is 18.3. The monoisotopic (exact) mass is 425 g/mol. The standard InChI is InChI=1S/C24H31N3O4/c1-26(2)21-11-10-19(25-23(28)17-6-3-7-17)14-18(21)15-27(16-20-8-4-12-30-20)24(29)22-9-5-13-31-22/h5,9-11,13-14,17,20H,3-4,6-8,12,15-16H2,1-2H3,(H,25,28)/t20-/m0/s1. The molecule has 0 bridgehead atoms. The first-order valence-corrected chi connectivity index (χ1v) is 11.1. The largest absolute Gasteiger partial charge is 0.459 e. The summed E-state index contributed by atoms with van der Waals surface area (Å²) in [5, 5.41) is 3.05. The van der Waals surface area contributed by atoms with Gasteiger partial charge in [0.2, 0.25) is 5.91 Å². The average Bonchev–Trinajstić information content (AvgIpc) is 3.39. The molecule has 2 aromatic rings. The molecule has 2 amide bonds. The van der Waals surface area contributed by atoms with Crippen molar-refractivity contribution < 1.29 is 18.7 Å². The van der Waals surface area contributed by atoms with E-state index in [0.717, 1.165) is 55.6 Å². The number of rotatable bonds is 8. The van der Waals surface area contributed by atoms with Crippen LogP contribution in [-0.2, 0) is 16.1 Å². The van der Waals surface area contributed by atoms with Crippen LogP contribution in [-0.4, -0.2) is 50.1 Å². The molecule has 1 saturated heterocycles. The lowest BCUT2D eigenvalue weighted by atomic mass is 9.85. The Bertz CT molecular complexity index is 900. The Labute approximate surface area is 183 Å². The van der Waals surface area contributed by atoms with Crippen LogP contribution in [0.3, 0.4) is 0 Å². The molecular weight excluding hydrogens is 394 g/mol. The first kappa shape index (κ1) is 21.4. The number of carbonyl (C=O) groups excluding carboxylic acids is 2. The maximum absolute atomic E-state index is 13.2. The molecule has 0 unspecified atom stereocenters. The van der Waals surface area contributed by atoms with E-state index < -0.39 is 0 Å². The van der Waals surface area contributed by atoms with Gasteiger partial charge in [-0.25, -0.2) is 0 Å². The number of hydrogen-bond donors (Lipinski definition) is 1. The van der Waals surface area contributed by atoms with Gasteiger partial charge in [0.05, 0.1) is 12.4 Å². The quantitative estimate of drug-likeness (QED) is 0.694. The highest BCUT2D eigenvalue weighted by molar-refractivity contribution is 5.93. The van der Waals surface area contributed by atoms with E-state index >= 15 is 0 Å². The van der Waals surface area contributed by atoms with Gasteiger partial charge in [-0.2, -0.15) is 0 Å². The minimum Gasteiger partial charge on any atom is -0.459 e. The third-order valence-electron chi connectivity index (χ3n) is 6.13. The van der Waals surface area contributed by atoms with E-state index in [9.17, 15) is 9.59 Å². The number of ether oxygens (including phenoxy) is 1. The van der Waals surface area contributed by atoms with Crippen LogP contribution in [0.5, 0.6) is 0 Å². The van der Waals surface area contributed by atoms with Crippen molar-refractivity contribution in [2.24, 2.45) is 5.92 Å². The lowest BCUT2D eigenvalue weighted by Crippen LogP contribution is -2.37. The number of anilines is 2. The highest BCUT2D eigenvalue weighted by Crippen LogP contribution is 2.30. The molecule has 0 radical (unpaired) electrons. The lowest BCUT2D eigenvalue weighted by Gasteiger charge is -2.28. The van der Waals surface area contributed by atoms with E-state index in [0.29, 0.717) is 18.8 Å². The van der Waals surface area contributed by atoms with Gasteiger partial charge >= 0.3 is 0 Å². The van der Waals surface area contributed by atoms with Crippen LogP contribution in [0.25, 0.3) is 0 Å². The van der Waals surface area contributed by atoms with Crippen LogP contribution in [0.2, 0.25) is 0 Å². The second-order valence-electron chi connectivity index (χ2n) is 8.65. The van der Waals surface area contributed by atoms with Gasteiger partial charge in [-0.15, -0.1) is 0 Å². The molecule has 4 rings (SSSR count). The Morgan fingerprint density at radius 3 is 2.58 bits per heavy atom. The fourth-order valence-electron chi connectivity index (χ4n) is 4.16. The van der Waals surface area contributed by atoms with Gasteiger partial charge < -0.3 is 24.3 Å². The van der Waals surface area contributed by atoms with Crippen molar-refractivity contribution in [1.29, 1.82) is 0 Å². The number of nitrogens with zero attached hydrogens (tertiary/aromatic N) is 2. The molecule has 2 fully saturated rings. The van der Waals surface area contributed by atoms with Gasteiger partial charge in [0.15, 0.2) is 5.76 Å². The molecular formula is C24H31N3O4. The minimum absolute atomic E-state index is 0.0308. The summed E-state index contributed by atoms with van der Waals surface area (Å²) in [5.41, 5.74) is 2.74. The van der Waals surface area contributed by atoms with Crippen LogP contribution >= 0.6 is 0 Å². The maximum atomic E-state index is 13.2. The summed E-state index contributed by atoms with van der Waals surface area (Å²) in [6.45, 7) is 1.64. The molecule has 2 aliphatic rings. The van der Waals surface area contributed by atoms with Gasteiger partial charge in [-0.1, -0.05) is 6.42 Å². The van der Waals surface area contributed by atoms with E-state index in [1.165, 1.54) is 6.26 Å².